The molecule has 0 amide bonds. The summed E-state index contributed by atoms with van der Waals surface area (Å²) in [5.74, 6) is 0. The van der Waals surface area contributed by atoms with Gasteiger partial charge in [-0.05, 0) is 30.3 Å². The second-order valence-electron chi connectivity index (χ2n) is 4.13. The van der Waals surface area contributed by atoms with Gasteiger partial charge in [0.15, 0.2) is 0 Å². The first-order valence-electron chi connectivity index (χ1n) is 6.03. The summed E-state index contributed by atoms with van der Waals surface area (Å²) in [4.78, 5) is 2.71. The number of nitrogens with zero attached hydrogens (tertiary/aromatic N) is 4. The van der Waals surface area contributed by atoms with Crippen LogP contribution in [0.15, 0.2) is 48.1 Å². The highest BCUT2D eigenvalue weighted by Gasteiger charge is 2.00. The Morgan fingerprint density at radius 1 is 1.20 bits per heavy atom. The van der Waals surface area contributed by atoms with E-state index in [0.29, 0.717) is 12.1 Å². The molecule has 98 valence electrons. The van der Waals surface area contributed by atoms with Crippen molar-refractivity contribution in [1.82, 2.24) is 15.0 Å². The van der Waals surface area contributed by atoms with Crippen molar-refractivity contribution in [3.8, 4) is 11.8 Å². The molecule has 3 rings (SSSR count). The predicted molar refractivity (Wildman–Crippen MR) is 77.7 cm³/mol. The molecule has 0 spiro atoms. The fourth-order valence-corrected chi connectivity index (χ4v) is 2.53. The first-order valence-corrected chi connectivity index (χ1v) is 6.91. The Kier molecular flexibility index (Phi) is 3.44. The maximum atomic E-state index is 8.78. The first-order chi connectivity index (χ1) is 9.85. The highest BCUT2D eigenvalue weighted by Crippen LogP contribution is 2.17. The Balaban J connectivity index is 1.65. The van der Waals surface area contributed by atoms with Crippen LogP contribution < -0.4 is 5.32 Å². The van der Waals surface area contributed by atoms with Crippen LogP contribution in [0.4, 0.5) is 5.69 Å². The molecule has 0 aliphatic carbocycles. The molecule has 0 unspecified atom stereocenters. The molecule has 0 radical (unpaired) electrons. The topological polar surface area (TPSA) is 66.5 Å². The van der Waals surface area contributed by atoms with Crippen molar-refractivity contribution in [3.05, 3.63) is 58.5 Å². The van der Waals surface area contributed by atoms with E-state index in [9.17, 15) is 0 Å². The predicted octanol–water partition coefficient (Wildman–Crippen LogP) is 2.81. The Morgan fingerprint density at radius 2 is 1.95 bits per heavy atom. The number of hydrogen-bond acceptors (Lipinski definition) is 5. The quantitative estimate of drug-likeness (QED) is 0.798. The molecule has 0 aliphatic rings. The Bertz CT molecular complexity index is 722. The van der Waals surface area contributed by atoms with Gasteiger partial charge >= 0.3 is 0 Å². The average Bonchev–Trinajstić information content (AvgIpc) is 3.17. The maximum absolute atomic E-state index is 8.78. The minimum atomic E-state index is 0.714. The molecule has 20 heavy (non-hydrogen) atoms. The molecule has 0 atom stereocenters. The van der Waals surface area contributed by atoms with Gasteiger partial charge in [-0.2, -0.15) is 20.3 Å². The van der Waals surface area contributed by atoms with Gasteiger partial charge in [0.1, 0.15) is 6.07 Å². The lowest BCUT2D eigenvalue weighted by atomic mass is 10.2. The Hall–Kier alpha value is -2.65. The zero-order valence-electron chi connectivity index (χ0n) is 10.5. The molecule has 1 N–H and O–H groups in total. The fraction of sp³-hybridized carbons (Fsp3) is 0.0714. The number of benzene rings is 1. The van der Waals surface area contributed by atoms with Crippen molar-refractivity contribution < 1.29 is 0 Å². The third kappa shape index (κ3) is 2.68. The molecule has 6 heteroatoms. The number of nitriles is 1. The fourth-order valence-electron chi connectivity index (χ4n) is 1.78. The van der Waals surface area contributed by atoms with Gasteiger partial charge in [-0.1, -0.05) is 0 Å². The van der Waals surface area contributed by atoms with E-state index >= 15 is 0 Å². The number of rotatable bonds is 4. The standard InChI is InChI=1S/C14H11N5S/c15-8-11-7-14(20-10-11)9-16-12-1-3-13(4-2-12)19-17-5-6-18-19/h1-7,10,16H,9H2. The zero-order chi connectivity index (χ0) is 13.8. The van der Waals surface area contributed by atoms with Gasteiger partial charge in [0, 0.05) is 22.5 Å². The van der Waals surface area contributed by atoms with Gasteiger partial charge in [0.2, 0.25) is 0 Å². The van der Waals surface area contributed by atoms with Crippen molar-refractivity contribution in [2.45, 2.75) is 6.54 Å². The molecular formula is C14H11N5S. The van der Waals surface area contributed by atoms with Crippen LogP contribution in [0.1, 0.15) is 10.4 Å². The number of anilines is 1. The van der Waals surface area contributed by atoms with Crippen molar-refractivity contribution in [1.29, 1.82) is 5.26 Å². The van der Waals surface area contributed by atoms with Crippen LogP contribution in [0.2, 0.25) is 0 Å². The molecule has 3 aromatic rings. The Morgan fingerprint density at radius 3 is 2.60 bits per heavy atom. The van der Waals surface area contributed by atoms with E-state index in [2.05, 4.69) is 21.6 Å². The SMILES string of the molecule is N#Cc1csc(CNc2ccc(-n3nccn3)cc2)c1. The van der Waals surface area contributed by atoms with Crippen molar-refractivity contribution in [2.24, 2.45) is 0 Å². The van der Waals surface area contributed by atoms with E-state index in [0.717, 1.165) is 16.3 Å². The van der Waals surface area contributed by atoms with Crippen molar-refractivity contribution in [3.63, 3.8) is 0 Å². The van der Waals surface area contributed by atoms with Gasteiger partial charge in [0.05, 0.1) is 23.6 Å². The van der Waals surface area contributed by atoms with Gasteiger partial charge in [0.25, 0.3) is 0 Å². The van der Waals surface area contributed by atoms with Crippen LogP contribution in [0.5, 0.6) is 0 Å². The summed E-state index contributed by atoms with van der Waals surface area (Å²) in [6.45, 7) is 0.714. The van der Waals surface area contributed by atoms with Crippen LogP contribution in [0, 0.1) is 11.3 Å². The highest BCUT2D eigenvalue weighted by atomic mass is 32.1. The van der Waals surface area contributed by atoms with Gasteiger partial charge < -0.3 is 5.32 Å². The van der Waals surface area contributed by atoms with Gasteiger partial charge in [-0.25, -0.2) is 0 Å². The number of hydrogen-bond donors (Lipinski definition) is 1. The van der Waals surface area contributed by atoms with Crippen LogP contribution in [-0.2, 0) is 6.54 Å². The van der Waals surface area contributed by atoms with Crippen LogP contribution in [-0.4, -0.2) is 15.0 Å². The lowest BCUT2D eigenvalue weighted by Crippen LogP contribution is -2.00. The van der Waals surface area contributed by atoms with E-state index in [1.165, 1.54) is 0 Å². The van der Waals surface area contributed by atoms with Gasteiger partial charge in [-0.3, -0.25) is 0 Å². The smallest absolute Gasteiger partial charge is 0.100 e. The summed E-state index contributed by atoms with van der Waals surface area (Å²) in [6.07, 6.45) is 3.30. The van der Waals surface area contributed by atoms with Crippen molar-refractivity contribution in [2.75, 3.05) is 5.32 Å². The molecule has 0 saturated heterocycles. The largest absolute Gasteiger partial charge is 0.380 e. The maximum Gasteiger partial charge on any atom is 0.100 e. The van der Waals surface area contributed by atoms with Crippen LogP contribution >= 0.6 is 11.3 Å². The van der Waals surface area contributed by atoms with E-state index < -0.39 is 0 Å². The third-order valence-corrected chi connectivity index (χ3v) is 3.70. The first kappa shape index (κ1) is 12.4. The van der Waals surface area contributed by atoms with E-state index in [-0.39, 0.29) is 0 Å². The zero-order valence-corrected chi connectivity index (χ0v) is 11.3. The molecule has 0 saturated carbocycles. The van der Waals surface area contributed by atoms with E-state index in [1.807, 2.05) is 35.7 Å². The summed E-state index contributed by atoms with van der Waals surface area (Å²) < 4.78 is 0. The van der Waals surface area contributed by atoms with Crippen molar-refractivity contribution >= 4 is 17.0 Å². The molecule has 2 heterocycles. The summed E-state index contributed by atoms with van der Waals surface area (Å²) in [5, 5.41) is 22.1. The molecule has 2 aromatic heterocycles. The van der Waals surface area contributed by atoms with Crippen LogP contribution in [0.25, 0.3) is 5.69 Å². The number of nitrogens with one attached hydrogen (secondary N) is 1. The summed E-state index contributed by atoms with van der Waals surface area (Å²) in [5.41, 5.74) is 2.66. The lowest BCUT2D eigenvalue weighted by Gasteiger charge is -2.05. The Labute approximate surface area is 120 Å². The molecular weight excluding hydrogens is 270 g/mol. The average molecular weight is 281 g/mol. The van der Waals surface area contributed by atoms with E-state index in [4.69, 9.17) is 5.26 Å². The minimum absolute atomic E-state index is 0.714. The molecule has 0 fully saturated rings. The molecule has 5 nitrogen and oxygen atoms in total. The molecule has 1 aromatic carbocycles. The monoisotopic (exact) mass is 281 g/mol. The lowest BCUT2D eigenvalue weighted by molar-refractivity contribution is 0.752. The second-order valence-corrected chi connectivity index (χ2v) is 5.13. The third-order valence-electron chi connectivity index (χ3n) is 2.77. The van der Waals surface area contributed by atoms with Crippen LogP contribution in [0.3, 0.4) is 0 Å². The number of aromatic nitrogens is 3. The summed E-state index contributed by atoms with van der Waals surface area (Å²) in [6, 6.07) is 11.9. The highest BCUT2D eigenvalue weighted by molar-refractivity contribution is 7.10. The molecule has 0 bridgehead atoms. The summed E-state index contributed by atoms with van der Waals surface area (Å²) >= 11 is 1.59. The molecule has 0 aliphatic heterocycles. The second kappa shape index (κ2) is 5.55. The minimum Gasteiger partial charge on any atom is -0.380 e. The summed E-state index contributed by atoms with van der Waals surface area (Å²) in [7, 11) is 0. The number of thiophene rings is 1. The van der Waals surface area contributed by atoms with E-state index in [1.54, 1.807) is 28.5 Å². The normalized spacial score (nSPS) is 10.2. The van der Waals surface area contributed by atoms with Gasteiger partial charge in [-0.15, -0.1) is 11.3 Å².